The Morgan fingerprint density at radius 1 is 1.44 bits per heavy atom. The second-order valence-corrected chi connectivity index (χ2v) is 4.46. The van der Waals surface area contributed by atoms with E-state index in [0.717, 1.165) is 36.4 Å². The molecule has 86 valence electrons. The van der Waals surface area contributed by atoms with Crippen molar-refractivity contribution in [3.8, 4) is 0 Å². The summed E-state index contributed by atoms with van der Waals surface area (Å²) in [5.41, 5.74) is 8.61. The molecular weight excluding hydrogens is 200 g/mol. The van der Waals surface area contributed by atoms with Gasteiger partial charge in [-0.2, -0.15) is 0 Å². The highest BCUT2D eigenvalue weighted by Crippen LogP contribution is 2.18. The summed E-state index contributed by atoms with van der Waals surface area (Å²) in [6.45, 7) is 4.92. The highest BCUT2D eigenvalue weighted by atomic mass is 16.3. The number of hydrogen-bond donors (Lipinski definition) is 1. The van der Waals surface area contributed by atoms with Gasteiger partial charge in [0.1, 0.15) is 5.52 Å². The zero-order valence-corrected chi connectivity index (χ0v) is 9.86. The van der Waals surface area contributed by atoms with Crippen molar-refractivity contribution in [3.63, 3.8) is 0 Å². The van der Waals surface area contributed by atoms with Crippen molar-refractivity contribution in [2.75, 3.05) is 6.54 Å². The van der Waals surface area contributed by atoms with Crippen LogP contribution < -0.4 is 5.73 Å². The maximum Gasteiger partial charge on any atom is 0.195 e. The van der Waals surface area contributed by atoms with Gasteiger partial charge >= 0.3 is 0 Å². The van der Waals surface area contributed by atoms with E-state index < -0.39 is 0 Å². The molecule has 1 unspecified atom stereocenters. The predicted octanol–water partition coefficient (Wildman–Crippen LogP) is 2.66. The number of fused-ring (bicyclic) bond motifs is 1. The number of nitrogens with zero attached hydrogens (tertiary/aromatic N) is 1. The van der Waals surface area contributed by atoms with Gasteiger partial charge in [0.05, 0.1) is 0 Å². The van der Waals surface area contributed by atoms with E-state index in [-0.39, 0.29) is 0 Å². The number of rotatable bonds is 4. The minimum Gasteiger partial charge on any atom is -0.441 e. The van der Waals surface area contributed by atoms with Gasteiger partial charge in [0.15, 0.2) is 11.5 Å². The Morgan fingerprint density at radius 3 is 3.00 bits per heavy atom. The quantitative estimate of drug-likeness (QED) is 0.858. The molecule has 2 N–H and O–H groups in total. The summed E-state index contributed by atoms with van der Waals surface area (Å²) in [5, 5.41) is 0. The molecule has 3 nitrogen and oxygen atoms in total. The number of nitrogens with two attached hydrogens (primary N) is 1. The lowest BCUT2D eigenvalue weighted by molar-refractivity contribution is 0.471. The third kappa shape index (κ3) is 2.42. The molecule has 0 saturated heterocycles. The molecule has 16 heavy (non-hydrogen) atoms. The molecule has 2 rings (SSSR count). The van der Waals surface area contributed by atoms with Crippen LogP contribution in [0.1, 0.15) is 24.8 Å². The fraction of sp³-hybridized carbons (Fsp3) is 0.462. The summed E-state index contributed by atoms with van der Waals surface area (Å²) in [6, 6.07) is 6.08. The zero-order chi connectivity index (χ0) is 11.5. The van der Waals surface area contributed by atoms with E-state index in [1.54, 1.807) is 0 Å². The van der Waals surface area contributed by atoms with Crippen LogP contribution in [0, 0.1) is 12.8 Å². The minimum atomic E-state index is 0.525. The number of benzene rings is 1. The highest BCUT2D eigenvalue weighted by Gasteiger charge is 2.07. The summed E-state index contributed by atoms with van der Waals surface area (Å²) < 4.78 is 5.69. The van der Waals surface area contributed by atoms with Crippen molar-refractivity contribution < 1.29 is 4.42 Å². The maximum atomic E-state index is 5.69. The second-order valence-electron chi connectivity index (χ2n) is 4.46. The molecular formula is C13H18N2O. The monoisotopic (exact) mass is 218 g/mol. The van der Waals surface area contributed by atoms with Crippen LogP contribution in [0.15, 0.2) is 22.6 Å². The van der Waals surface area contributed by atoms with E-state index >= 15 is 0 Å². The van der Waals surface area contributed by atoms with Gasteiger partial charge in [0.25, 0.3) is 0 Å². The van der Waals surface area contributed by atoms with Crippen molar-refractivity contribution in [2.24, 2.45) is 11.7 Å². The summed E-state index contributed by atoms with van der Waals surface area (Å²) >= 11 is 0. The first-order chi connectivity index (χ1) is 7.69. The molecule has 1 heterocycles. The van der Waals surface area contributed by atoms with Crippen LogP contribution in [0.25, 0.3) is 11.1 Å². The number of aryl methyl sites for hydroxylation is 2. The molecule has 0 aliphatic heterocycles. The van der Waals surface area contributed by atoms with Gasteiger partial charge in [0.2, 0.25) is 0 Å². The Kier molecular flexibility index (Phi) is 3.25. The number of oxazole rings is 1. The van der Waals surface area contributed by atoms with Crippen LogP contribution in [0.3, 0.4) is 0 Å². The van der Waals surface area contributed by atoms with E-state index in [1.165, 1.54) is 5.56 Å². The van der Waals surface area contributed by atoms with Gasteiger partial charge in [-0.1, -0.05) is 13.0 Å². The van der Waals surface area contributed by atoms with Crippen molar-refractivity contribution in [2.45, 2.75) is 26.7 Å². The maximum absolute atomic E-state index is 5.69. The first kappa shape index (κ1) is 11.1. The normalized spacial score (nSPS) is 13.2. The van der Waals surface area contributed by atoms with Gasteiger partial charge in [0, 0.05) is 6.42 Å². The van der Waals surface area contributed by atoms with Crippen LogP contribution in [-0.4, -0.2) is 11.5 Å². The lowest BCUT2D eigenvalue weighted by Gasteiger charge is -2.04. The zero-order valence-electron chi connectivity index (χ0n) is 9.86. The SMILES string of the molecule is Cc1ccc2nc(CCC(C)CN)oc2c1. The van der Waals surface area contributed by atoms with E-state index in [2.05, 4.69) is 24.9 Å². The molecule has 0 saturated carbocycles. The molecule has 0 fully saturated rings. The second kappa shape index (κ2) is 4.66. The van der Waals surface area contributed by atoms with Crippen molar-refractivity contribution >= 4 is 11.1 Å². The van der Waals surface area contributed by atoms with Crippen LogP contribution in [0.2, 0.25) is 0 Å². The minimum absolute atomic E-state index is 0.525. The number of hydrogen-bond acceptors (Lipinski definition) is 3. The van der Waals surface area contributed by atoms with Gasteiger partial charge in [-0.15, -0.1) is 0 Å². The lowest BCUT2D eigenvalue weighted by Crippen LogP contribution is -2.11. The molecule has 1 aromatic carbocycles. The molecule has 2 aromatic rings. The molecule has 0 bridgehead atoms. The molecule has 0 aliphatic carbocycles. The molecule has 1 atom stereocenters. The summed E-state index contributed by atoms with van der Waals surface area (Å²) in [6.07, 6.45) is 1.90. The predicted molar refractivity (Wildman–Crippen MR) is 65.3 cm³/mol. The van der Waals surface area contributed by atoms with Gasteiger partial charge < -0.3 is 10.2 Å². The molecule has 3 heteroatoms. The van der Waals surface area contributed by atoms with Crippen molar-refractivity contribution in [3.05, 3.63) is 29.7 Å². The standard InChI is InChI=1S/C13H18N2O/c1-9-3-5-11-12(7-9)16-13(15-11)6-4-10(2)8-14/h3,5,7,10H,4,6,8,14H2,1-2H3. The molecule has 0 aliphatic rings. The van der Waals surface area contributed by atoms with E-state index in [9.17, 15) is 0 Å². The fourth-order valence-corrected chi connectivity index (χ4v) is 1.67. The Balaban J connectivity index is 2.13. The summed E-state index contributed by atoms with van der Waals surface area (Å²) in [7, 11) is 0. The smallest absolute Gasteiger partial charge is 0.195 e. The number of aromatic nitrogens is 1. The average molecular weight is 218 g/mol. The van der Waals surface area contributed by atoms with Crippen LogP contribution in [0.5, 0.6) is 0 Å². The van der Waals surface area contributed by atoms with Crippen molar-refractivity contribution in [1.29, 1.82) is 0 Å². The first-order valence-corrected chi connectivity index (χ1v) is 5.75. The molecule has 0 radical (unpaired) electrons. The molecule has 0 spiro atoms. The summed E-state index contributed by atoms with van der Waals surface area (Å²) in [5.74, 6) is 1.35. The van der Waals surface area contributed by atoms with Crippen molar-refractivity contribution in [1.82, 2.24) is 4.98 Å². The Hall–Kier alpha value is -1.35. The largest absolute Gasteiger partial charge is 0.441 e. The summed E-state index contributed by atoms with van der Waals surface area (Å²) in [4.78, 5) is 4.45. The lowest BCUT2D eigenvalue weighted by atomic mass is 10.1. The van der Waals surface area contributed by atoms with Gasteiger partial charge in [-0.3, -0.25) is 0 Å². The Labute approximate surface area is 95.7 Å². The van der Waals surface area contributed by atoms with Gasteiger partial charge in [-0.25, -0.2) is 4.98 Å². The van der Waals surface area contributed by atoms with Gasteiger partial charge in [-0.05, 0) is 43.5 Å². The average Bonchev–Trinajstić information content (AvgIpc) is 2.67. The fourth-order valence-electron chi connectivity index (χ4n) is 1.67. The molecule has 1 aromatic heterocycles. The third-order valence-corrected chi connectivity index (χ3v) is 2.84. The third-order valence-electron chi connectivity index (χ3n) is 2.84. The highest BCUT2D eigenvalue weighted by molar-refractivity contribution is 5.73. The van der Waals surface area contributed by atoms with E-state index in [4.69, 9.17) is 10.2 Å². The van der Waals surface area contributed by atoms with E-state index in [0.29, 0.717) is 5.92 Å². The van der Waals surface area contributed by atoms with Crippen LogP contribution in [-0.2, 0) is 6.42 Å². The first-order valence-electron chi connectivity index (χ1n) is 5.75. The Morgan fingerprint density at radius 2 is 2.25 bits per heavy atom. The van der Waals surface area contributed by atoms with Crippen LogP contribution in [0.4, 0.5) is 0 Å². The molecule has 0 amide bonds. The Bertz CT molecular complexity index is 476. The van der Waals surface area contributed by atoms with Crippen LogP contribution >= 0.6 is 0 Å². The topological polar surface area (TPSA) is 52.0 Å². The van der Waals surface area contributed by atoms with E-state index in [1.807, 2.05) is 12.1 Å².